The summed E-state index contributed by atoms with van der Waals surface area (Å²) in [5.41, 5.74) is 19.7. The molecule has 4 aliphatic carbocycles. The largest absolute Gasteiger partial charge is 0.412 e. The Labute approximate surface area is 372 Å². The molecule has 3 saturated heterocycles. The smallest absolute Gasteiger partial charge is 0.375 e. The number of hydrogen-bond donors (Lipinski definition) is 4. The molecule has 3 aliphatic heterocycles. The third-order valence-electron chi connectivity index (χ3n) is 16.3. The Hall–Kier alpha value is -5.87. The number of rotatable bonds is 13. The Morgan fingerprint density at radius 2 is 1.14 bits per heavy atom. The molecule has 0 saturated carbocycles. The number of allylic oxidation sites excluding steroid dienone is 12. The monoisotopic (exact) mass is 879 g/mol. The van der Waals surface area contributed by atoms with Crippen LogP contribution in [-0.2, 0) is 28.7 Å². The van der Waals surface area contributed by atoms with Crippen LogP contribution < -0.4 is 27.8 Å². The van der Waals surface area contributed by atoms with Crippen LogP contribution in [0.25, 0.3) is 0 Å². The molecule has 16 heteroatoms. The number of amides is 4. The summed E-state index contributed by atoms with van der Waals surface area (Å²) in [6.07, 6.45) is 15.0. The van der Waals surface area contributed by atoms with Crippen LogP contribution in [0, 0.1) is 34.4 Å². The first-order valence-electron chi connectivity index (χ1n) is 22.0. The van der Waals surface area contributed by atoms with E-state index in [4.69, 9.17) is 32.4 Å². The fourth-order valence-electron chi connectivity index (χ4n) is 13.8. The maximum Gasteiger partial charge on any atom is 0.412 e. The number of benzene rings is 1. The number of anilines is 1. The second-order valence-electron chi connectivity index (χ2n) is 19.7. The lowest BCUT2D eigenvalue weighted by Gasteiger charge is -2.57. The van der Waals surface area contributed by atoms with Crippen LogP contribution in [0.15, 0.2) is 95.2 Å². The molecular formula is C48H58FN7O8. The fourth-order valence-corrected chi connectivity index (χ4v) is 13.8. The number of halogens is 1. The van der Waals surface area contributed by atoms with Crippen molar-refractivity contribution in [3.8, 4) is 0 Å². The van der Waals surface area contributed by atoms with Gasteiger partial charge in [0.25, 0.3) is 0 Å². The number of hydrogen-bond acceptors (Lipinski definition) is 11. The molecule has 1 aromatic carbocycles. The molecular weight excluding hydrogens is 822 g/mol. The van der Waals surface area contributed by atoms with Gasteiger partial charge in [-0.05, 0) is 85.4 Å². The van der Waals surface area contributed by atoms with Crippen LogP contribution in [0.5, 0.6) is 0 Å². The van der Waals surface area contributed by atoms with Crippen molar-refractivity contribution >= 4 is 41.6 Å². The molecule has 15 nitrogen and oxygen atoms in total. The van der Waals surface area contributed by atoms with Crippen LogP contribution in [0.2, 0.25) is 0 Å². The van der Waals surface area contributed by atoms with Crippen molar-refractivity contribution in [1.82, 2.24) is 9.80 Å². The molecule has 7 atom stereocenters. The number of ether oxygens (including phenoxy) is 2. The minimum Gasteiger partial charge on any atom is -0.375 e. The third-order valence-corrected chi connectivity index (χ3v) is 16.3. The van der Waals surface area contributed by atoms with Gasteiger partial charge in [-0.15, -0.1) is 0 Å². The predicted octanol–water partition coefficient (Wildman–Crippen LogP) is 4.58. The molecule has 4 unspecified atom stereocenters. The average Bonchev–Trinajstić information content (AvgIpc) is 4.08. The number of fused-ring (bicyclic) bond motifs is 4. The van der Waals surface area contributed by atoms with Crippen molar-refractivity contribution in [3.05, 3.63) is 101 Å². The zero-order valence-corrected chi connectivity index (χ0v) is 37.1. The maximum atomic E-state index is 15.7. The van der Waals surface area contributed by atoms with Crippen molar-refractivity contribution in [2.75, 3.05) is 18.0 Å². The van der Waals surface area contributed by atoms with Gasteiger partial charge in [-0.1, -0.05) is 89.3 Å². The molecule has 4 amide bonds. The van der Waals surface area contributed by atoms with Gasteiger partial charge in [0.1, 0.15) is 5.82 Å². The maximum absolute atomic E-state index is 15.7. The van der Waals surface area contributed by atoms with Gasteiger partial charge < -0.3 is 37.3 Å². The summed E-state index contributed by atoms with van der Waals surface area (Å²) >= 11 is 0. The van der Waals surface area contributed by atoms with Crippen molar-refractivity contribution in [2.45, 2.75) is 108 Å². The highest BCUT2D eigenvalue weighted by atomic mass is 19.1. The predicted molar refractivity (Wildman–Crippen MR) is 235 cm³/mol. The molecule has 64 heavy (non-hydrogen) atoms. The van der Waals surface area contributed by atoms with Gasteiger partial charge in [0.15, 0.2) is 0 Å². The van der Waals surface area contributed by atoms with Crippen molar-refractivity contribution in [2.24, 2.45) is 51.5 Å². The van der Waals surface area contributed by atoms with E-state index in [0.29, 0.717) is 37.8 Å². The molecule has 8 N–H and O–H groups in total. The van der Waals surface area contributed by atoms with Gasteiger partial charge in [0.05, 0.1) is 5.54 Å². The topological polar surface area (TPSA) is 235 Å². The number of nitrogens with two attached hydrogens (primary N) is 4. The molecule has 0 radical (unpaired) electrons. The van der Waals surface area contributed by atoms with Gasteiger partial charge in [0.2, 0.25) is 22.9 Å². The first kappa shape index (κ1) is 44.7. The number of nitrogens with zero attached hydrogens (tertiary/aromatic N) is 3. The van der Waals surface area contributed by atoms with Gasteiger partial charge in [-0.2, -0.15) is 0 Å². The number of primary amides is 4. The van der Waals surface area contributed by atoms with Gasteiger partial charge in [-0.25, -0.2) is 23.6 Å². The summed E-state index contributed by atoms with van der Waals surface area (Å²) in [7, 11) is 0. The molecule has 0 aromatic heterocycles. The van der Waals surface area contributed by atoms with E-state index in [2.05, 4.69) is 4.90 Å². The lowest BCUT2D eigenvalue weighted by Crippen LogP contribution is -2.77. The Kier molecular flexibility index (Phi) is 10.8. The highest BCUT2D eigenvalue weighted by Gasteiger charge is 2.72. The zero-order chi connectivity index (χ0) is 46.5. The highest BCUT2D eigenvalue weighted by Crippen LogP contribution is 2.60. The lowest BCUT2D eigenvalue weighted by atomic mass is 9.60. The highest BCUT2D eigenvalue weighted by molar-refractivity contribution is 6.11. The second-order valence-corrected chi connectivity index (χ2v) is 19.7. The molecule has 340 valence electrons. The van der Waals surface area contributed by atoms with Crippen molar-refractivity contribution in [1.29, 1.82) is 0 Å². The minimum atomic E-state index is -2.27. The quantitative estimate of drug-likeness (QED) is 0.158. The number of carbonyl (C=O) groups is 6. The zero-order valence-electron chi connectivity index (χ0n) is 37.1. The molecule has 0 spiro atoms. The molecule has 4 bridgehead atoms. The fraction of sp³-hybridized carbons (Fsp3) is 0.500. The van der Waals surface area contributed by atoms with Crippen LogP contribution >= 0.6 is 0 Å². The van der Waals surface area contributed by atoms with E-state index >= 15 is 4.39 Å². The number of likely N-dealkylation sites (tertiary alicyclic amines) is 2. The number of carbonyl (C=O) groups excluding carboxylic acids is 6. The summed E-state index contributed by atoms with van der Waals surface area (Å²) in [4.78, 5) is 89.3. The Morgan fingerprint density at radius 1 is 0.688 bits per heavy atom. The first-order valence-corrected chi connectivity index (χ1v) is 22.0. The van der Waals surface area contributed by atoms with Crippen molar-refractivity contribution < 1.29 is 42.6 Å². The van der Waals surface area contributed by atoms with E-state index in [1.807, 2.05) is 62.5 Å². The lowest BCUT2D eigenvalue weighted by molar-refractivity contribution is -0.173. The Bertz CT molecular complexity index is 2390. The summed E-state index contributed by atoms with van der Waals surface area (Å²) in [6, 6.07) is 4.25. The van der Waals surface area contributed by atoms with Crippen LogP contribution in [0.4, 0.5) is 19.7 Å². The van der Waals surface area contributed by atoms with Crippen LogP contribution in [-0.4, -0.2) is 93.6 Å². The SMILES string of the molecule is CC1CC(C2CCCN2[C@@](C(N)=O)(C(=O)OC(N)=O)C(C)(C)C2C3=CC=C2C=C3)N(c2cccc(F)c2)[C@@]1(C)C1CCCN1[C@@](C(N)=O)(C(=O)OC(N)=O)C(C)(C)C1C2=CC=C1C=C2. The summed E-state index contributed by atoms with van der Waals surface area (Å²) in [5.74, 6) is -6.16. The van der Waals surface area contributed by atoms with Crippen LogP contribution in [0.1, 0.15) is 73.6 Å². The third kappa shape index (κ3) is 6.04. The van der Waals surface area contributed by atoms with Gasteiger partial charge >= 0.3 is 24.1 Å². The molecule has 7 aliphatic rings. The molecule has 3 fully saturated rings. The number of esters is 2. The summed E-state index contributed by atoms with van der Waals surface area (Å²) < 4.78 is 26.1. The van der Waals surface area contributed by atoms with E-state index in [0.717, 1.165) is 22.3 Å². The summed E-state index contributed by atoms with van der Waals surface area (Å²) in [6.45, 7) is 11.6. The van der Waals surface area contributed by atoms with Crippen LogP contribution in [0.3, 0.4) is 0 Å². The standard InChI is InChI=1S/C48H58FN7O8/c1-26-24-34(33-12-8-22-54(33)47(38(50)57,40(59)63-42(52)61)44(2,3)36-27-14-15-28(36)17-16-27)56(32-11-7-10-31(49)25-32)46(26,6)35-13-9-23-55(35)48(39(51)58,41(60)64-43(53)62)45(4,5)37-29-18-19-30(37)21-20-29/h7,10-11,14-21,25-26,33-37H,8-9,12-13,22-24H2,1-6H3,(H2,50,57)(H2,51,58)(H2,52,61)(H2,53,62)/t26?,33?,34?,35?,46-,47+,48+/m1/s1. The Morgan fingerprint density at radius 3 is 1.58 bits per heavy atom. The summed E-state index contributed by atoms with van der Waals surface area (Å²) in [5, 5.41) is 0. The second kappa shape index (κ2) is 15.4. The van der Waals surface area contributed by atoms with E-state index in [1.165, 1.54) is 12.1 Å². The Balaban J connectivity index is 1.30. The van der Waals surface area contributed by atoms with E-state index in [9.17, 15) is 28.8 Å². The average molecular weight is 880 g/mol. The minimum absolute atomic E-state index is 0.196. The van der Waals surface area contributed by atoms with E-state index in [1.54, 1.807) is 49.6 Å². The van der Waals surface area contributed by atoms with Gasteiger partial charge in [-0.3, -0.25) is 19.4 Å². The first-order chi connectivity index (χ1) is 30.1. The molecule has 1 aromatic rings. The van der Waals surface area contributed by atoms with Gasteiger partial charge in [0, 0.05) is 59.6 Å². The van der Waals surface area contributed by atoms with Crippen molar-refractivity contribution in [3.63, 3.8) is 0 Å². The van der Waals surface area contributed by atoms with E-state index < -0.39 is 99.2 Å². The van der Waals surface area contributed by atoms with E-state index in [-0.39, 0.29) is 19.0 Å². The normalized spacial score (nSPS) is 28.7. The molecule has 3 heterocycles. The molecule has 8 rings (SSSR count).